The van der Waals surface area contributed by atoms with Crippen LogP contribution in [0.1, 0.15) is 57.0 Å². The van der Waals surface area contributed by atoms with Crippen LogP contribution in [0.25, 0.3) is 5.78 Å². The highest BCUT2D eigenvalue weighted by molar-refractivity contribution is 7.11. The zero-order valence-electron chi connectivity index (χ0n) is 14.4. The van der Waals surface area contributed by atoms with Crippen molar-refractivity contribution in [1.29, 1.82) is 0 Å². The number of carbonyl (C=O) groups is 1. The van der Waals surface area contributed by atoms with E-state index in [0.29, 0.717) is 5.78 Å². The summed E-state index contributed by atoms with van der Waals surface area (Å²) in [5.74, 6) is 0.415. The summed E-state index contributed by atoms with van der Waals surface area (Å²) in [6, 6.07) is 1.76. The molecule has 1 N–H and O–H groups in total. The van der Waals surface area contributed by atoms with Gasteiger partial charge in [0.25, 0.3) is 11.7 Å². The van der Waals surface area contributed by atoms with Gasteiger partial charge < -0.3 is 5.32 Å². The van der Waals surface area contributed by atoms with Crippen LogP contribution in [0, 0.1) is 27.7 Å². The monoisotopic (exact) mass is 344 g/mol. The van der Waals surface area contributed by atoms with Crippen LogP contribution in [-0.2, 0) is 0 Å². The van der Waals surface area contributed by atoms with Crippen molar-refractivity contribution < 1.29 is 4.79 Å². The molecule has 0 saturated heterocycles. The van der Waals surface area contributed by atoms with Crippen LogP contribution in [0.3, 0.4) is 0 Å². The lowest BCUT2D eigenvalue weighted by molar-refractivity contribution is 0.0923. The lowest BCUT2D eigenvalue weighted by atomic mass is 10.2. The second-order valence-corrected chi connectivity index (χ2v) is 7.06. The smallest absolute Gasteiger partial charge is 0.290 e. The highest BCUT2D eigenvalue weighted by Gasteiger charge is 2.22. The van der Waals surface area contributed by atoms with Crippen molar-refractivity contribution in [1.82, 2.24) is 29.9 Å². The van der Waals surface area contributed by atoms with Gasteiger partial charge in [-0.2, -0.15) is 0 Å². The molecule has 0 unspecified atom stereocenters. The Morgan fingerprint density at radius 3 is 2.62 bits per heavy atom. The Labute approximate surface area is 144 Å². The quantitative estimate of drug-likeness (QED) is 0.786. The van der Waals surface area contributed by atoms with E-state index in [4.69, 9.17) is 0 Å². The maximum absolute atomic E-state index is 12.7. The molecule has 0 aliphatic carbocycles. The van der Waals surface area contributed by atoms with E-state index in [1.807, 2.05) is 40.7 Å². The zero-order valence-corrected chi connectivity index (χ0v) is 15.2. The summed E-state index contributed by atoms with van der Waals surface area (Å²) in [6.45, 7) is 9.84. The Hall–Kier alpha value is -2.35. The van der Waals surface area contributed by atoms with Crippen LogP contribution < -0.4 is 5.32 Å². The third kappa shape index (κ3) is 2.89. The Bertz CT molecular complexity index is 893. The maximum atomic E-state index is 12.7. The number of rotatable bonds is 4. The molecule has 0 aliphatic rings. The zero-order chi connectivity index (χ0) is 17.4. The number of aryl methyl sites for hydroxylation is 4. The van der Waals surface area contributed by atoms with Crippen molar-refractivity contribution in [3.05, 3.63) is 38.9 Å². The average molecular weight is 344 g/mol. The number of aromatic nitrogens is 5. The molecule has 8 heteroatoms. The first-order valence-corrected chi connectivity index (χ1v) is 8.66. The molecule has 3 heterocycles. The highest BCUT2D eigenvalue weighted by Crippen LogP contribution is 2.25. The molecule has 0 bridgehead atoms. The third-order valence-electron chi connectivity index (χ3n) is 3.95. The minimum Gasteiger partial charge on any atom is -0.340 e. The molecule has 0 radical (unpaired) electrons. The number of hydrogen-bond acceptors (Lipinski definition) is 6. The van der Waals surface area contributed by atoms with Crippen LogP contribution >= 0.6 is 11.3 Å². The molecule has 3 aromatic rings. The number of thiazole rings is 1. The molecular formula is C16H20N6OS. The third-order valence-corrected chi connectivity index (χ3v) is 5.14. The van der Waals surface area contributed by atoms with Gasteiger partial charge in [0, 0.05) is 16.3 Å². The van der Waals surface area contributed by atoms with Crippen molar-refractivity contribution in [2.24, 2.45) is 0 Å². The van der Waals surface area contributed by atoms with Gasteiger partial charge in [-0.1, -0.05) is 6.92 Å². The van der Waals surface area contributed by atoms with Gasteiger partial charge in [-0.15, -0.1) is 21.5 Å². The SMILES string of the molecule is CC[C@@H](NC(=O)c1nnc2nc(C)cc(C)n12)c1nc(C)c(C)s1. The van der Waals surface area contributed by atoms with Crippen LogP contribution in [-0.4, -0.2) is 30.5 Å². The molecule has 126 valence electrons. The van der Waals surface area contributed by atoms with Crippen molar-refractivity contribution >= 4 is 23.0 Å². The summed E-state index contributed by atoms with van der Waals surface area (Å²) in [7, 11) is 0. The molecule has 24 heavy (non-hydrogen) atoms. The van der Waals surface area contributed by atoms with Crippen molar-refractivity contribution in [3.8, 4) is 0 Å². The summed E-state index contributed by atoms with van der Waals surface area (Å²) in [5.41, 5.74) is 2.73. The molecule has 1 atom stereocenters. The van der Waals surface area contributed by atoms with Crippen LogP contribution in [0.4, 0.5) is 0 Å². The van der Waals surface area contributed by atoms with Gasteiger partial charge in [-0.05, 0) is 40.2 Å². The highest BCUT2D eigenvalue weighted by atomic mass is 32.1. The van der Waals surface area contributed by atoms with E-state index < -0.39 is 0 Å². The fraction of sp³-hybridized carbons (Fsp3) is 0.438. The number of nitrogens with zero attached hydrogens (tertiary/aromatic N) is 5. The first kappa shape index (κ1) is 16.5. The molecular weight excluding hydrogens is 324 g/mol. The summed E-state index contributed by atoms with van der Waals surface area (Å²) in [6.07, 6.45) is 0.755. The number of amides is 1. The van der Waals surface area contributed by atoms with E-state index in [0.717, 1.165) is 28.5 Å². The molecule has 0 aliphatic heterocycles. The molecule has 3 aromatic heterocycles. The largest absolute Gasteiger partial charge is 0.340 e. The summed E-state index contributed by atoms with van der Waals surface area (Å²) in [5, 5.41) is 12.0. The van der Waals surface area contributed by atoms with Gasteiger partial charge in [-0.3, -0.25) is 9.20 Å². The summed E-state index contributed by atoms with van der Waals surface area (Å²) < 4.78 is 1.67. The van der Waals surface area contributed by atoms with Gasteiger partial charge in [0.2, 0.25) is 5.82 Å². The second kappa shape index (κ2) is 6.27. The van der Waals surface area contributed by atoms with E-state index in [9.17, 15) is 4.79 Å². The first-order valence-electron chi connectivity index (χ1n) is 7.84. The summed E-state index contributed by atoms with van der Waals surface area (Å²) in [4.78, 5) is 22.7. The standard InChI is InChI=1S/C16H20N6OS/c1-6-12(15-18-10(4)11(5)24-15)19-14(23)13-20-21-16-17-8(2)7-9(3)22(13)16/h7,12H,6H2,1-5H3,(H,19,23)/t12-/m1/s1. The van der Waals surface area contributed by atoms with Gasteiger partial charge in [-0.25, -0.2) is 9.97 Å². The van der Waals surface area contributed by atoms with Crippen LogP contribution in [0.15, 0.2) is 6.07 Å². The fourth-order valence-electron chi connectivity index (χ4n) is 2.59. The van der Waals surface area contributed by atoms with E-state index >= 15 is 0 Å². The summed E-state index contributed by atoms with van der Waals surface area (Å²) >= 11 is 1.61. The van der Waals surface area contributed by atoms with Gasteiger partial charge in [0.05, 0.1) is 11.7 Å². The predicted octanol–water partition coefficient (Wildman–Crippen LogP) is 2.70. The van der Waals surface area contributed by atoms with E-state index in [-0.39, 0.29) is 17.8 Å². The molecule has 7 nitrogen and oxygen atoms in total. The van der Waals surface area contributed by atoms with Crippen LogP contribution in [0.2, 0.25) is 0 Å². The predicted molar refractivity (Wildman–Crippen MR) is 92.3 cm³/mol. The molecule has 0 aromatic carbocycles. The lowest BCUT2D eigenvalue weighted by Gasteiger charge is -2.14. The lowest BCUT2D eigenvalue weighted by Crippen LogP contribution is -2.30. The molecule has 3 rings (SSSR count). The second-order valence-electron chi connectivity index (χ2n) is 5.83. The topological polar surface area (TPSA) is 85.1 Å². The Balaban J connectivity index is 1.91. The minimum absolute atomic E-state index is 0.138. The van der Waals surface area contributed by atoms with Crippen molar-refractivity contribution in [3.63, 3.8) is 0 Å². The molecule has 1 amide bonds. The van der Waals surface area contributed by atoms with E-state index in [2.05, 4.69) is 25.5 Å². The van der Waals surface area contributed by atoms with Gasteiger partial charge >= 0.3 is 0 Å². The molecule has 0 spiro atoms. The minimum atomic E-state index is -0.270. The van der Waals surface area contributed by atoms with Crippen molar-refractivity contribution in [2.45, 2.75) is 47.1 Å². The Kier molecular flexibility index (Phi) is 4.31. The Morgan fingerprint density at radius 1 is 1.25 bits per heavy atom. The van der Waals surface area contributed by atoms with E-state index in [1.54, 1.807) is 15.7 Å². The molecule has 0 fully saturated rings. The normalized spacial score (nSPS) is 12.5. The number of hydrogen-bond donors (Lipinski definition) is 1. The first-order chi connectivity index (χ1) is 11.4. The molecule has 0 saturated carbocycles. The van der Waals surface area contributed by atoms with E-state index in [1.165, 1.54) is 4.88 Å². The number of fused-ring (bicyclic) bond motifs is 1. The number of carbonyl (C=O) groups excluding carboxylic acids is 1. The van der Waals surface area contributed by atoms with Gasteiger partial charge in [0.15, 0.2) is 0 Å². The maximum Gasteiger partial charge on any atom is 0.290 e. The fourth-order valence-corrected chi connectivity index (χ4v) is 3.64. The van der Waals surface area contributed by atoms with Crippen molar-refractivity contribution in [2.75, 3.05) is 0 Å². The average Bonchev–Trinajstić information content (AvgIpc) is 3.09. The van der Waals surface area contributed by atoms with Crippen LogP contribution in [0.5, 0.6) is 0 Å². The Morgan fingerprint density at radius 2 is 2.00 bits per heavy atom. The van der Waals surface area contributed by atoms with Gasteiger partial charge in [0.1, 0.15) is 5.01 Å². The number of nitrogens with one attached hydrogen (secondary N) is 1.